The summed E-state index contributed by atoms with van der Waals surface area (Å²) in [5.74, 6) is 0.00143. The molecule has 1 atom stereocenters. The molecule has 3 N–H and O–H groups in total. The Kier molecular flexibility index (Phi) is 5.53. The highest BCUT2D eigenvalue weighted by Crippen LogP contribution is 2.50. The van der Waals surface area contributed by atoms with Gasteiger partial charge in [-0.15, -0.1) is 0 Å². The van der Waals surface area contributed by atoms with Crippen molar-refractivity contribution < 1.29 is 14.7 Å². The number of nitrogens with one attached hydrogen (secondary N) is 2. The number of likely N-dealkylation sites (tertiary alicyclic amines) is 1. The standard InChI is InChI=1S/C23H27N3O3/c27-16-24-19-14-18(8-9-21(19)28)23(10-11-23)22(29)25-20(15-26-12-4-5-13-26)17-6-2-1-3-7-17/h1-3,6-9,14,16,20,28H,4-5,10-13,15H2,(H,24,27)(H,25,29)/t20-/m1/s1. The molecule has 0 bridgehead atoms. The van der Waals surface area contributed by atoms with Crippen LogP contribution in [0.3, 0.4) is 0 Å². The maximum Gasteiger partial charge on any atom is 0.231 e. The molecule has 2 aromatic carbocycles. The van der Waals surface area contributed by atoms with E-state index < -0.39 is 5.41 Å². The van der Waals surface area contributed by atoms with Crippen molar-refractivity contribution in [2.45, 2.75) is 37.1 Å². The molecular formula is C23H27N3O3. The van der Waals surface area contributed by atoms with Crippen molar-refractivity contribution in [3.8, 4) is 5.75 Å². The van der Waals surface area contributed by atoms with E-state index in [-0.39, 0.29) is 17.7 Å². The van der Waals surface area contributed by atoms with Gasteiger partial charge < -0.3 is 20.6 Å². The Morgan fingerprint density at radius 3 is 2.52 bits per heavy atom. The fraction of sp³-hybridized carbons (Fsp3) is 0.391. The van der Waals surface area contributed by atoms with Crippen molar-refractivity contribution >= 4 is 18.0 Å². The Morgan fingerprint density at radius 1 is 1.14 bits per heavy atom. The molecule has 29 heavy (non-hydrogen) atoms. The van der Waals surface area contributed by atoms with E-state index in [0.29, 0.717) is 12.1 Å². The number of carbonyl (C=O) groups is 2. The maximum absolute atomic E-state index is 13.4. The lowest BCUT2D eigenvalue weighted by Gasteiger charge is -2.27. The van der Waals surface area contributed by atoms with Crippen molar-refractivity contribution in [1.82, 2.24) is 10.2 Å². The summed E-state index contributed by atoms with van der Waals surface area (Å²) in [4.78, 5) is 26.6. The first kappa shape index (κ1) is 19.5. The molecule has 6 nitrogen and oxygen atoms in total. The number of aromatic hydroxyl groups is 1. The highest BCUT2D eigenvalue weighted by atomic mass is 16.3. The summed E-state index contributed by atoms with van der Waals surface area (Å²) >= 11 is 0. The van der Waals surface area contributed by atoms with Gasteiger partial charge in [0.25, 0.3) is 0 Å². The molecule has 1 aliphatic heterocycles. The quantitative estimate of drug-likeness (QED) is 0.476. The summed E-state index contributed by atoms with van der Waals surface area (Å²) in [6.45, 7) is 2.95. The molecule has 1 heterocycles. The van der Waals surface area contributed by atoms with E-state index in [1.807, 2.05) is 18.2 Å². The molecular weight excluding hydrogens is 366 g/mol. The van der Waals surface area contributed by atoms with E-state index in [1.165, 1.54) is 18.9 Å². The van der Waals surface area contributed by atoms with Gasteiger partial charge in [-0.05, 0) is 62.0 Å². The van der Waals surface area contributed by atoms with Crippen LogP contribution < -0.4 is 10.6 Å². The molecule has 2 aliphatic rings. The van der Waals surface area contributed by atoms with Crippen LogP contribution in [0.2, 0.25) is 0 Å². The van der Waals surface area contributed by atoms with Crippen LogP contribution in [0.1, 0.15) is 42.9 Å². The lowest BCUT2D eigenvalue weighted by atomic mass is 9.93. The minimum atomic E-state index is -0.592. The van der Waals surface area contributed by atoms with Crippen molar-refractivity contribution in [3.05, 3.63) is 59.7 Å². The first-order valence-electron chi connectivity index (χ1n) is 10.2. The van der Waals surface area contributed by atoms with Crippen LogP contribution in [-0.2, 0) is 15.0 Å². The fourth-order valence-corrected chi connectivity index (χ4v) is 4.22. The first-order chi connectivity index (χ1) is 14.1. The second-order valence-electron chi connectivity index (χ2n) is 8.02. The molecule has 1 saturated heterocycles. The zero-order valence-electron chi connectivity index (χ0n) is 16.4. The van der Waals surface area contributed by atoms with E-state index in [2.05, 4.69) is 27.7 Å². The van der Waals surface area contributed by atoms with Gasteiger partial charge in [0.05, 0.1) is 17.1 Å². The van der Waals surface area contributed by atoms with Crippen molar-refractivity contribution in [1.29, 1.82) is 0 Å². The average molecular weight is 393 g/mol. The highest BCUT2D eigenvalue weighted by Gasteiger charge is 2.52. The van der Waals surface area contributed by atoms with E-state index in [4.69, 9.17) is 0 Å². The molecule has 2 amide bonds. The van der Waals surface area contributed by atoms with Crippen LogP contribution in [0.25, 0.3) is 0 Å². The molecule has 0 unspecified atom stereocenters. The van der Waals surface area contributed by atoms with Gasteiger partial charge >= 0.3 is 0 Å². The highest BCUT2D eigenvalue weighted by molar-refractivity contribution is 5.92. The minimum Gasteiger partial charge on any atom is -0.506 e. The van der Waals surface area contributed by atoms with Gasteiger partial charge in [-0.2, -0.15) is 0 Å². The number of amides is 2. The molecule has 0 aromatic heterocycles. The number of phenolic OH excluding ortho intramolecular Hbond substituents is 1. The third-order valence-corrected chi connectivity index (χ3v) is 6.09. The summed E-state index contributed by atoms with van der Waals surface area (Å²) in [6, 6.07) is 15.1. The van der Waals surface area contributed by atoms with Crippen LogP contribution in [0.4, 0.5) is 5.69 Å². The number of anilines is 1. The molecule has 152 valence electrons. The van der Waals surface area contributed by atoms with Gasteiger partial charge in [0.15, 0.2) is 0 Å². The summed E-state index contributed by atoms with van der Waals surface area (Å²) in [6.07, 6.45) is 4.46. The third kappa shape index (κ3) is 4.12. The number of hydrogen-bond donors (Lipinski definition) is 3. The van der Waals surface area contributed by atoms with Gasteiger partial charge in [-0.3, -0.25) is 9.59 Å². The summed E-state index contributed by atoms with van der Waals surface area (Å²) in [7, 11) is 0. The van der Waals surface area contributed by atoms with Crippen molar-refractivity contribution in [2.24, 2.45) is 0 Å². The van der Waals surface area contributed by atoms with Crippen LogP contribution in [-0.4, -0.2) is 42.0 Å². The molecule has 1 saturated carbocycles. The van der Waals surface area contributed by atoms with Gasteiger partial charge in [0, 0.05) is 6.54 Å². The average Bonchev–Trinajstić information content (AvgIpc) is 3.40. The monoisotopic (exact) mass is 393 g/mol. The van der Waals surface area contributed by atoms with Crippen molar-refractivity contribution in [2.75, 3.05) is 25.0 Å². The number of hydrogen-bond acceptors (Lipinski definition) is 4. The normalized spacial score (nSPS) is 18.8. The number of rotatable bonds is 8. The topological polar surface area (TPSA) is 81.7 Å². The molecule has 2 fully saturated rings. The minimum absolute atomic E-state index is 0.00625. The Bertz CT molecular complexity index is 874. The smallest absolute Gasteiger partial charge is 0.231 e. The van der Waals surface area contributed by atoms with Crippen LogP contribution in [0.15, 0.2) is 48.5 Å². The molecule has 2 aromatic rings. The summed E-state index contributed by atoms with van der Waals surface area (Å²) in [5.41, 5.74) is 1.67. The van der Waals surface area contributed by atoms with Crippen molar-refractivity contribution in [3.63, 3.8) is 0 Å². The molecule has 0 spiro atoms. The number of carbonyl (C=O) groups excluding carboxylic acids is 2. The Labute approximate surface area is 170 Å². The lowest BCUT2D eigenvalue weighted by Crippen LogP contribution is -2.41. The van der Waals surface area contributed by atoms with E-state index in [9.17, 15) is 14.7 Å². The molecule has 0 radical (unpaired) electrons. The summed E-state index contributed by atoms with van der Waals surface area (Å²) < 4.78 is 0. The van der Waals surface area contributed by atoms with E-state index >= 15 is 0 Å². The zero-order chi connectivity index (χ0) is 20.3. The summed E-state index contributed by atoms with van der Waals surface area (Å²) in [5, 5.41) is 15.7. The number of benzene rings is 2. The Morgan fingerprint density at radius 2 is 1.86 bits per heavy atom. The molecule has 4 rings (SSSR count). The van der Waals surface area contributed by atoms with Gasteiger partial charge in [0.2, 0.25) is 12.3 Å². The van der Waals surface area contributed by atoms with Crippen LogP contribution >= 0.6 is 0 Å². The fourth-order valence-electron chi connectivity index (χ4n) is 4.22. The Balaban J connectivity index is 1.55. The third-order valence-electron chi connectivity index (χ3n) is 6.09. The number of phenols is 1. The van der Waals surface area contributed by atoms with Crippen LogP contribution in [0, 0.1) is 0 Å². The second-order valence-corrected chi connectivity index (χ2v) is 8.02. The predicted molar refractivity (Wildman–Crippen MR) is 112 cm³/mol. The van der Waals surface area contributed by atoms with Crippen LogP contribution in [0.5, 0.6) is 5.75 Å². The maximum atomic E-state index is 13.4. The Hall–Kier alpha value is -2.86. The SMILES string of the molecule is O=CNc1cc(C2(C(=O)N[C@H](CN3CCCC3)c3ccccc3)CC2)ccc1O. The molecule has 1 aliphatic carbocycles. The predicted octanol–water partition coefficient (Wildman–Crippen LogP) is 2.95. The van der Waals surface area contributed by atoms with Gasteiger partial charge in [0.1, 0.15) is 5.75 Å². The van der Waals surface area contributed by atoms with E-state index in [1.54, 1.807) is 12.1 Å². The number of nitrogens with zero attached hydrogens (tertiary/aromatic N) is 1. The molecule has 6 heteroatoms. The first-order valence-corrected chi connectivity index (χ1v) is 10.2. The largest absolute Gasteiger partial charge is 0.506 e. The lowest BCUT2D eigenvalue weighted by molar-refractivity contribution is -0.124. The van der Waals surface area contributed by atoms with Gasteiger partial charge in [-0.25, -0.2) is 0 Å². The van der Waals surface area contributed by atoms with E-state index in [0.717, 1.165) is 43.6 Å². The zero-order valence-corrected chi connectivity index (χ0v) is 16.4. The second kappa shape index (κ2) is 8.25. The van der Waals surface area contributed by atoms with Gasteiger partial charge in [-0.1, -0.05) is 36.4 Å².